The standard InChI is InChI=1S/C27H34ClN3O4/c1-18(21-9-5-7-11-23(21)28)31(26(34)35-27(2,3)4)14-13-29-20(16-25(32)33)15-19-17-30-24-12-8-6-10-22(19)24/h5-12,17-18,20,29-30H,13-16H2,1-4H3,(H,32,33). The molecule has 1 amide bonds. The topological polar surface area (TPSA) is 94.7 Å². The van der Waals surface area contributed by atoms with Crippen LogP contribution in [0, 0.1) is 0 Å². The normalized spacial score (nSPS) is 13.4. The lowest BCUT2D eigenvalue weighted by atomic mass is 10.0. The van der Waals surface area contributed by atoms with Crippen molar-refractivity contribution in [1.82, 2.24) is 15.2 Å². The van der Waals surface area contributed by atoms with E-state index < -0.39 is 17.7 Å². The fourth-order valence-corrected chi connectivity index (χ4v) is 4.42. The summed E-state index contributed by atoms with van der Waals surface area (Å²) < 4.78 is 5.66. The predicted molar refractivity (Wildman–Crippen MR) is 139 cm³/mol. The summed E-state index contributed by atoms with van der Waals surface area (Å²) in [5.74, 6) is -0.879. The molecule has 2 unspecified atom stereocenters. The molecular formula is C27H34ClN3O4. The Morgan fingerprint density at radius 1 is 1.14 bits per heavy atom. The molecule has 0 radical (unpaired) electrons. The lowest BCUT2D eigenvalue weighted by molar-refractivity contribution is -0.137. The van der Waals surface area contributed by atoms with E-state index in [9.17, 15) is 14.7 Å². The van der Waals surface area contributed by atoms with Crippen molar-refractivity contribution in [3.8, 4) is 0 Å². The molecule has 0 spiro atoms. The van der Waals surface area contributed by atoms with Gasteiger partial charge in [-0.25, -0.2) is 4.79 Å². The van der Waals surface area contributed by atoms with Crippen molar-refractivity contribution in [2.75, 3.05) is 13.1 Å². The van der Waals surface area contributed by atoms with Crippen molar-refractivity contribution in [3.63, 3.8) is 0 Å². The minimum atomic E-state index is -0.879. The van der Waals surface area contributed by atoms with Crippen molar-refractivity contribution >= 4 is 34.6 Å². The molecule has 3 rings (SSSR count). The third-order valence-electron chi connectivity index (χ3n) is 5.80. The molecule has 0 aliphatic heterocycles. The summed E-state index contributed by atoms with van der Waals surface area (Å²) in [6.45, 7) is 8.11. The van der Waals surface area contributed by atoms with Crippen molar-refractivity contribution in [3.05, 3.63) is 70.9 Å². The number of aromatic nitrogens is 1. The maximum absolute atomic E-state index is 13.1. The van der Waals surface area contributed by atoms with E-state index in [-0.39, 0.29) is 18.5 Å². The number of nitrogens with zero attached hydrogens (tertiary/aromatic N) is 1. The molecule has 0 fully saturated rings. The highest BCUT2D eigenvalue weighted by atomic mass is 35.5. The van der Waals surface area contributed by atoms with E-state index in [1.54, 1.807) is 11.0 Å². The fraction of sp³-hybridized carbons (Fsp3) is 0.407. The number of carboxylic acids is 1. The van der Waals surface area contributed by atoms with Crippen molar-refractivity contribution in [2.24, 2.45) is 0 Å². The molecule has 0 aliphatic rings. The first kappa shape index (κ1) is 26.6. The van der Waals surface area contributed by atoms with Gasteiger partial charge in [0.25, 0.3) is 0 Å². The summed E-state index contributed by atoms with van der Waals surface area (Å²) in [4.78, 5) is 29.5. The van der Waals surface area contributed by atoms with Crippen LogP contribution in [-0.4, -0.2) is 51.8 Å². The zero-order valence-electron chi connectivity index (χ0n) is 20.7. The number of para-hydroxylation sites is 1. The van der Waals surface area contributed by atoms with Crippen LogP contribution in [-0.2, 0) is 16.0 Å². The molecule has 0 bridgehead atoms. The van der Waals surface area contributed by atoms with E-state index in [0.29, 0.717) is 24.5 Å². The Morgan fingerprint density at radius 2 is 1.83 bits per heavy atom. The second kappa shape index (κ2) is 11.6. The molecule has 1 aromatic heterocycles. The smallest absolute Gasteiger partial charge is 0.410 e. The van der Waals surface area contributed by atoms with E-state index >= 15 is 0 Å². The average molecular weight is 500 g/mol. The van der Waals surface area contributed by atoms with Crippen LogP contribution in [0.2, 0.25) is 5.02 Å². The summed E-state index contributed by atoms with van der Waals surface area (Å²) in [7, 11) is 0. The first-order chi connectivity index (χ1) is 16.5. The summed E-state index contributed by atoms with van der Waals surface area (Å²) in [6, 6.07) is 14.7. The van der Waals surface area contributed by atoms with Gasteiger partial charge in [0.1, 0.15) is 5.60 Å². The number of fused-ring (bicyclic) bond motifs is 1. The number of H-pyrrole nitrogens is 1. The molecule has 2 atom stereocenters. The Morgan fingerprint density at radius 3 is 2.51 bits per heavy atom. The average Bonchev–Trinajstić information content (AvgIpc) is 3.17. The van der Waals surface area contributed by atoms with Crippen LogP contribution in [0.25, 0.3) is 10.9 Å². The summed E-state index contributed by atoms with van der Waals surface area (Å²) in [6.07, 6.45) is 1.99. The van der Waals surface area contributed by atoms with Gasteiger partial charge in [-0.1, -0.05) is 48.0 Å². The number of aliphatic carboxylic acids is 1. The number of hydrogen-bond donors (Lipinski definition) is 3. The molecule has 188 valence electrons. The number of carboxylic acid groups (broad SMARTS) is 1. The number of hydrogen-bond acceptors (Lipinski definition) is 4. The zero-order chi connectivity index (χ0) is 25.6. The lowest BCUT2D eigenvalue weighted by Gasteiger charge is -2.33. The number of halogens is 1. The molecule has 1 heterocycles. The first-order valence-corrected chi connectivity index (χ1v) is 12.2. The van der Waals surface area contributed by atoms with Crippen LogP contribution >= 0.6 is 11.6 Å². The number of carbonyl (C=O) groups is 2. The second-order valence-electron chi connectivity index (χ2n) is 9.68. The quantitative estimate of drug-likeness (QED) is 0.328. The lowest BCUT2D eigenvalue weighted by Crippen LogP contribution is -2.44. The number of rotatable bonds is 10. The minimum absolute atomic E-state index is 0.0357. The maximum Gasteiger partial charge on any atom is 0.410 e. The van der Waals surface area contributed by atoms with Crippen LogP contribution in [0.15, 0.2) is 54.7 Å². The summed E-state index contributed by atoms with van der Waals surface area (Å²) in [5, 5.41) is 14.5. The van der Waals surface area contributed by atoms with E-state index in [1.165, 1.54) is 0 Å². The van der Waals surface area contributed by atoms with E-state index in [2.05, 4.69) is 10.3 Å². The highest BCUT2D eigenvalue weighted by molar-refractivity contribution is 6.31. The molecule has 3 aromatic rings. The van der Waals surface area contributed by atoms with Crippen molar-refractivity contribution in [1.29, 1.82) is 0 Å². The third-order valence-corrected chi connectivity index (χ3v) is 6.14. The molecule has 0 saturated heterocycles. The second-order valence-corrected chi connectivity index (χ2v) is 10.1. The Hall–Kier alpha value is -3.03. The number of benzene rings is 2. The maximum atomic E-state index is 13.1. The van der Waals surface area contributed by atoms with Gasteiger partial charge in [-0.05, 0) is 57.4 Å². The number of amides is 1. The number of ether oxygens (including phenoxy) is 1. The highest BCUT2D eigenvalue weighted by Crippen LogP contribution is 2.28. The Bertz CT molecular complexity index is 1150. The molecular weight excluding hydrogens is 466 g/mol. The predicted octanol–water partition coefficient (Wildman–Crippen LogP) is 5.80. The van der Waals surface area contributed by atoms with Gasteiger partial charge in [-0.15, -0.1) is 0 Å². The molecule has 0 aliphatic carbocycles. The van der Waals surface area contributed by atoms with Gasteiger partial charge < -0.3 is 25.0 Å². The molecule has 7 nitrogen and oxygen atoms in total. The largest absolute Gasteiger partial charge is 0.481 e. The number of carbonyl (C=O) groups excluding carboxylic acids is 1. The van der Waals surface area contributed by atoms with Gasteiger partial charge in [-0.2, -0.15) is 0 Å². The molecule has 0 saturated carbocycles. The highest BCUT2D eigenvalue weighted by Gasteiger charge is 2.28. The SMILES string of the molecule is CC(c1ccccc1Cl)N(CCNC(CC(=O)O)Cc1c[nH]c2ccccc12)C(=O)OC(C)(C)C. The molecule has 35 heavy (non-hydrogen) atoms. The van der Waals surface area contributed by atoms with Gasteiger partial charge >= 0.3 is 12.1 Å². The van der Waals surface area contributed by atoms with Crippen LogP contribution in [0.1, 0.15) is 51.3 Å². The van der Waals surface area contributed by atoms with E-state index in [1.807, 2.05) is 76.4 Å². The van der Waals surface area contributed by atoms with Crippen molar-refractivity contribution in [2.45, 2.75) is 58.2 Å². The number of nitrogens with one attached hydrogen (secondary N) is 2. The van der Waals surface area contributed by atoms with Crippen LogP contribution < -0.4 is 5.32 Å². The fourth-order valence-electron chi connectivity index (χ4n) is 4.13. The summed E-state index contributed by atoms with van der Waals surface area (Å²) in [5.41, 5.74) is 2.24. The Balaban J connectivity index is 1.74. The zero-order valence-corrected chi connectivity index (χ0v) is 21.4. The Kier molecular flexibility index (Phi) is 8.81. The van der Waals surface area contributed by atoms with Gasteiger partial charge in [0, 0.05) is 41.3 Å². The number of aromatic amines is 1. The van der Waals surface area contributed by atoms with Crippen LogP contribution in [0.5, 0.6) is 0 Å². The van der Waals surface area contributed by atoms with Gasteiger partial charge in [0.15, 0.2) is 0 Å². The monoisotopic (exact) mass is 499 g/mol. The molecule has 8 heteroatoms. The van der Waals surface area contributed by atoms with E-state index in [0.717, 1.165) is 22.0 Å². The molecule has 2 aromatic carbocycles. The van der Waals surface area contributed by atoms with Gasteiger partial charge in [0.05, 0.1) is 12.5 Å². The van der Waals surface area contributed by atoms with Gasteiger partial charge in [-0.3, -0.25) is 4.79 Å². The first-order valence-electron chi connectivity index (χ1n) is 11.8. The Labute approximate surface area is 211 Å². The third kappa shape index (κ3) is 7.47. The molecule has 3 N–H and O–H groups in total. The van der Waals surface area contributed by atoms with E-state index in [4.69, 9.17) is 16.3 Å². The van der Waals surface area contributed by atoms with Gasteiger partial charge in [0.2, 0.25) is 0 Å². The van der Waals surface area contributed by atoms with Crippen LogP contribution in [0.3, 0.4) is 0 Å². The van der Waals surface area contributed by atoms with Crippen LogP contribution in [0.4, 0.5) is 4.79 Å². The van der Waals surface area contributed by atoms with Crippen molar-refractivity contribution < 1.29 is 19.4 Å². The minimum Gasteiger partial charge on any atom is -0.481 e. The summed E-state index contributed by atoms with van der Waals surface area (Å²) >= 11 is 6.41.